The number of nitrogens with zero attached hydrogens (tertiary/aromatic N) is 2. The zero-order chi connectivity index (χ0) is 14.0. The fourth-order valence-electron chi connectivity index (χ4n) is 2.71. The summed E-state index contributed by atoms with van der Waals surface area (Å²) in [4.78, 5) is 16.9. The molecular weight excluding hydrogens is 238 g/mol. The molecule has 0 radical (unpaired) electrons. The monoisotopic (exact) mass is 261 g/mol. The van der Waals surface area contributed by atoms with Crippen LogP contribution >= 0.6 is 0 Å². The van der Waals surface area contributed by atoms with Crippen LogP contribution in [0.1, 0.15) is 29.8 Å². The van der Waals surface area contributed by atoms with Crippen molar-refractivity contribution in [2.75, 3.05) is 31.9 Å². The van der Waals surface area contributed by atoms with Gasteiger partial charge in [0.15, 0.2) is 0 Å². The predicted molar refractivity (Wildman–Crippen MR) is 78.2 cm³/mol. The van der Waals surface area contributed by atoms with E-state index in [9.17, 15) is 4.79 Å². The standard InChI is InChI=1S/C15H23N3O/c1-4-17-8-9-18(10-11(17)2)15(19)13-6-5-7-14(16)12(13)3/h5-7,11H,4,8-10,16H2,1-3H3. The summed E-state index contributed by atoms with van der Waals surface area (Å²) in [5, 5.41) is 0. The van der Waals surface area contributed by atoms with Crippen molar-refractivity contribution >= 4 is 11.6 Å². The summed E-state index contributed by atoms with van der Waals surface area (Å²) in [6, 6.07) is 5.97. The van der Waals surface area contributed by atoms with E-state index >= 15 is 0 Å². The van der Waals surface area contributed by atoms with E-state index in [2.05, 4.69) is 18.7 Å². The number of benzene rings is 1. The molecule has 1 amide bonds. The van der Waals surface area contributed by atoms with Crippen molar-refractivity contribution in [3.8, 4) is 0 Å². The zero-order valence-corrected chi connectivity index (χ0v) is 12.0. The number of hydrogen-bond acceptors (Lipinski definition) is 3. The Morgan fingerprint density at radius 1 is 1.42 bits per heavy atom. The van der Waals surface area contributed by atoms with Gasteiger partial charge in [-0.3, -0.25) is 9.69 Å². The van der Waals surface area contributed by atoms with Crippen LogP contribution in [0.3, 0.4) is 0 Å². The highest BCUT2D eigenvalue weighted by molar-refractivity contribution is 5.97. The van der Waals surface area contributed by atoms with Gasteiger partial charge >= 0.3 is 0 Å². The molecule has 1 saturated heterocycles. The van der Waals surface area contributed by atoms with Gasteiger partial charge in [0.1, 0.15) is 0 Å². The third kappa shape index (κ3) is 2.73. The maximum absolute atomic E-state index is 12.6. The van der Waals surface area contributed by atoms with Gasteiger partial charge in [0.2, 0.25) is 0 Å². The number of likely N-dealkylation sites (N-methyl/N-ethyl adjacent to an activating group) is 1. The number of hydrogen-bond donors (Lipinski definition) is 1. The molecule has 0 saturated carbocycles. The number of carbonyl (C=O) groups is 1. The minimum Gasteiger partial charge on any atom is -0.398 e. The molecule has 0 spiro atoms. The molecule has 1 aliphatic rings. The van der Waals surface area contributed by atoms with Crippen LogP contribution in [0.15, 0.2) is 18.2 Å². The molecule has 0 aromatic heterocycles. The Balaban J connectivity index is 2.15. The lowest BCUT2D eigenvalue weighted by molar-refractivity contribution is 0.0527. The molecule has 1 aromatic rings. The van der Waals surface area contributed by atoms with Crippen molar-refractivity contribution in [1.29, 1.82) is 0 Å². The average molecular weight is 261 g/mol. The van der Waals surface area contributed by atoms with Crippen LogP contribution in [-0.4, -0.2) is 47.9 Å². The average Bonchev–Trinajstić information content (AvgIpc) is 2.41. The van der Waals surface area contributed by atoms with Crippen LogP contribution in [0, 0.1) is 6.92 Å². The number of nitrogen functional groups attached to an aromatic ring is 1. The highest BCUT2D eigenvalue weighted by Gasteiger charge is 2.27. The van der Waals surface area contributed by atoms with Crippen molar-refractivity contribution in [1.82, 2.24) is 9.80 Å². The molecule has 104 valence electrons. The van der Waals surface area contributed by atoms with Crippen molar-refractivity contribution in [2.45, 2.75) is 26.8 Å². The fraction of sp³-hybridized carbons (Fsp3) is 0.533. The van der Waals surface area contributed by atoms with Crippen LogP contribution < -0.4 is 5.73 Å². The first-order valence-corrected chi connectivity index (χ1v) is 6.93. The summed E-state index contributed by atoms with van der Waals surface area (Å²) in [5.74, 6) is 0.104. The second-order valence-corrected chi connectivity index (χ2v) is 5.25. The molecule has 1 aliphatic heterocycles. The van der Waals surface area contributed by atoms with E-state index in [0.29, 0.717) is 11.7 Å². The molecule has 19 heavy (non-hydrogen) atoms. The Bertz CT molecular complexity index is 472. The number of amides is 1. The Hall–Kier alpha value is -1.55. The summed E-state index contributed by atoms with van der Waals surface area (Å²) in [7, 11) is 0. The molecule has 1 heterocycles. The van der Waals surface area contributed by atoms with E-state index in [1.54, 1.807) is 0 Å². The molecule has 4 nitrogen and oxygen atoms in total. The summed E-state index contributed by atoms with van der Waals surface area (Å²) >= 11 is 0. The van der Waals surface area contributed by atoms with E-state index < -0.39 is 0 Å². The summed E-state index contributed by atoms with van der Waals surface area (Å²) < 4.78 is 0. The van der Waals surface area contributed by atoms with Crippen LogP contribution in [0.4, 0.5) is 5.69 Å². The van der Waals surface area contributed by atoms with Gasteiger partial charge in [-0.05, 0) is 38.1 Å². The second kappa shape index (κ2) is 5.61. The van der Waals surface area contributed by atoms with Gasteiger partial charge in [-0.1, -0.05) is 13.0 Å². The first-order chi connectivity index (χ1) is 9.04. The first-order valence-electron chi connectivity index (χ1n) is 6.93. The van der Waals surface area contributed by atoms with Gasteiger partial charge in [0, 0.05) is 36.9 Å². The molecular formula is C15H23N3O. The lowest BCUT2D eigenvalue weighted by atomic mass is 10.0. The number of carbonyl (C=O) groups excluding carboxylic acids is 1. The molecule has 4 heteroatoms. The Morgan fingerprint density at radius 3 is 2.79 bits per heavy atom. The Morgan fingerprint density at radius 2 is 2.16 bits per heavy atom. The molecule has 2 rings (SSSR count). The summed E-state index contributed by atoms with van der Waals surface area (Å²) in [5.41, 5.74) is 8.19. The van der Waals surface area contributed by atoms with Crippen molar-refractivity contribution in [3.05, 3.63) is 29.3 Å². The fourth-order valence-corrected chi connectivity index (χ4v) is 2.71. The largest absolute Gasteiger partial charge is 0.398 e. The molecule has 1 aromatic carbocycles. The zero-order valence-electron chi connectivity index (χ0n) is 12.0. The highest BCUT2D eigenvalue weighted by atomic mass is 16.2. The Labute approximate surface area is 115 Å². The quantitative estimate of drug-likeness (QED) is 0.825. The molecule has 1 atom stereocenters. The van der Waals surface area contributed by atoms with Gasteiger partial charge in [-0.25, -0.2) is 0 Å². The molecule has 2 N–H and O–H groups in total. The maximum Gasteiger partial charge on any atom is 0.254 e. The Kier molecular flexibility index (Phi) is 4.10. The lowest BCUT2D eigenvalue weighted by Crippen LogP contribution is -2.53. The minimum absolute atomic E-state index is 0.104. The van der Waals surface area contributed by atoms with Crippen LogP contribution in [0.2, 0.25) is 0 Å². The van der Waals surface area contributed by atoms with Crippen LogP contribution in [0.5, 0.6) is 0 Å². The van der Waals surface area contributed by atoms with E-state index in [-0.39, 0.29) is 5.91 Å². The molecule has 1 fully saturated rings. The van der Waals surface area contributed by atoms with Crippen LogP contribution in [0.25, 0.3) is 0 Å². The third-order valence-electron chi connectivity index (χ3n) is 4.06. The number of nitrogens with two attached hydrogens (primary N) is 1. The molecule has 0 bridgehead atoms. The van der Waals surface area contributed by atoms with E-state index in [1.165, 1.54) is 0 Å². The van der Waals surface area contributed by atoms with Crippen molar-refractivity contribution < 1.29 is 4.79 Å². The summed E-state index contributed by atoms with van der Waals surface area (Å²) in [6.45, 7) is 9.83. The summed E-state index contributed by atoms with van der Waals surface area (Å²) in [6.07, 6.45) is 0. The predicted octanol–water partition coefficient (Wildman–Crippen LogP) is 1.74. The number of anilines is 1. The smallest absolute Gasteiger partial charge is 0.254 e. The lowest BCUT2D eigenvalue weighted by Gasteiger charge is -2.39. The van der Waals surface area contributed by atoms with Gasteiger partial charge in [0.05, 0.1) is 0 Å². The SMILES string of the molecule is CCN1CCN(C(=O)c2cccc(N)c2C)CC1C. The van der Waals surface area contributed by atoms with Crippen LogP contribution in [-0.2, 0) is 0 Å². The number of rotatable bonds is 2. The highest BCUT2D eigenvalue weighted by Crippen LogP contribution is 2.19. The van der Waals surface area contributed by atoms with Gasteiger partial charge < -0.3 is 10.6 Å². The van der Waals surface area contributed by atoms with Gasteiger partial charge in [-0.15, -0.1) is 0 Å². The van der Waals surface area contributed by atoms with E-state index in [0.717, 1.165) is 37.3 Å². The van der Waals surface area contributed by atoms with Gasteiger partial charge in [0.25, 0.3) is 5.91 Å². The van der Waals surface area contributed by atoms with E-state index in [4.69, 9.17) is 5.73 Å². The van der Waals surface area contributed by atoms with Crippen molar-refractivity contribution in [2.24, 2.45) is 0 Å². The second-order valence-electron chi connectivity index (χ2n) is 5.25. The van der Waals surface area contributed by atoms with Crippen molar-refractivity contribution in [3.63, 3.8) is 0 Å². The normalized spacial score (nSPS) is 20.6. The third-order valence-corrected chi connectivity index (χ3v) is 4.06. The number of piperazine rings is 1. The van der Waals surface area contributed by atoms with E-state index in [1.807, 2.05) is 30.0 Å². The maximum atomic E-state index is 12.6. The minimum atomic E-state index is 0.104. The molecule has 1 unspecified atom stereocenters. The van der Waals surface area contributed by atoms with Gasteiger partial charge in [-0.2, -0.15) is 0 Å². The molecule has 0 aliphatic carbocycles. The topological polar surface area (TPSA) is 49.6 Å². The first kappa shape index (κ1) is 13.9.